The predicted octanol–water partition coefficient (Wildman–Crippen LogP) is 3.78. The van der Waals surface area contributed by atoms with Crippen molar-refractivity contribution >= 4 is 11.8 Å². The van der Waals surface area contributed by atoms with E-state index in [1.807, 2.05) is 18.2 Å². The molecular formula is C16H14N2O4S. The Bertz CT molecular complexity index is 785. The highest BCUT2D eigenvalue weighted by atomic mass is 32.2. The number of rotatable bonds is 4. The second kappa shape index (κ2) is 6.37. The van der Waals surface area contributed by atoms with Gasteiger partial charge in [0.05, 0.1) is 25.2 Å². The van der Waals surface area contributed by atoms with Crippen LogP contribution in [-0.4, -0.2) is 23.4 Å². The molecule has 4 rings (SSSR count). The Balaban J connectivity index is 1.44. The van der Waals surface area contributed by atoms with E-state index in [0.29, 0.717) is 36.4 Å². The summed E-state index contributed by atoms with van der Waals surface area (Å²) in [6.07, 6.45) is 2.48. The minimum absolute atomic E-state index is 0.462. The van der Waals surface area contributed by atoms with Gasteiger partial charge in [-0.2, -0.15) is 4.98 Å². The van der Waals surface area contributed by atoms with E-state index in [1.165, 1.54) is 0 Å². The average molecular weight is 330 g/mol. The lowest BCUT2D eigenvalue weighted by molar-refractivity contribution is 0.297. The molecule has 3 heterocycles. The number of ether oxygens (including phenoxy) is 2. The van der Waals surface area contributed by atoms with Gasteiger partial charge in [-0.25, -0.2) is 0 Å². The molecule has 0 fully saturated rings. The molecule has 7 heteroatoms. The van der Waals surface area contributed by atoms with E-state index in [9.17, 15) is 0 Å². The summed E-state index contributed by atoms with van der Waals surface area (Å²) in [5, 5.41) is 3.92. The first-order valence-corrected chi connectivity index (χ1v) is 8.26. The maximum atomic E-state index is 5.69. The number of thioether (sulfide) groups is 1. The van der Waals surface area contributed by atoms with Gasteiger partial charge in [-0.15, -0.1) is 11.8 Å². The summed E-state index contributed by atoms with van der Waals surface area (Å²) in [5.74, 6) is 3.77. The van der Waals surface area contributed by atoms with Crippen molar-refractivity contribution in [3.8, 4) is 23.1 Å². The van der Waals surface area contributed by atoms with E-state index in [1.54, 1.807) is 30.2 Å². The van der Waals surface area contributed by atoms with Crippen molar-refractivity contribution in [2.75, 3.05) is 13.2 Å². The van der Waals surface area contributed by atoms with Gasteiger partial charge in [0, 0.05) is 11.3 Å². The molecule has 1 aliphatic heterocycles. The molecule has 0 N–H and O–H groups in total. The van der Waals surface area contributed by atoms with Gasteiger partial charge < -0.3 is 18.4 Å². The third-order valence-corrected chi connectivity index (χ3v) is 4.27. The monoisotopic (exact) mass is 330 g/mol. The summed E-state index contributed by atoms with van der Waals surface area (Å²) >= 11 is 1.60. The van der Waals surface area contributed by atoms with Gasteiger partial charge in [0.1, 0.15) is 0 Å². The fourth-order valence-corrected chi connectivity index (χ4v) is 2.96. The van der Waals surface area contributed by atoms with Crippen LogP contribution in [0.5, 0.6) is 11.5 Å². The molecule has 0 bridgehead atoms. The fraction of sp³-hybridized carbons (Fsp3) is 0.250. The molecule has 0 amide bonds. The highest BCUT2D eigenvalue weighted by molar-refractivity contribution is 7.98. The number of aromatic nitrogens is 2. The van der Waals surface area contributed by atoms with Gasteiger partial charge in [-0.3, -0.25) is 0 Å². The number of hydrogen-bond acceptors (Lipinski definition) is 7. The van der Waals surface area contributed by atoms with Crippen LogP contribution in [-0.2, 0) is 5.75 Å². The number of benzene rings is 1. The minimum Gasteiger partial charge on any atom is -0.490 e. The number of hydrogen-bond donors (Lipinski definition) is 0. The van der Waals surface area contributed by atoms with E-state index in [-0.39, 0.29) is 0 Å². The largest absolute Gasteiger partial charge is 0.490 e. The lowest BCUT2D eigenvalue weighted by Crippen LogP contribution is -1.97. The summed E-state index contributed by atoms with van der Waals surface area (Å²) in [6, 6.07) is 9.51. The summed E-state index contributed by atoms with van der Waals surface area (Å²) in [4.78, 5) is 5.38. The highest BCUT2D eigenvalue weighted by Crippen LogP contribution is 2.34. The second-order valence-electron chi connectivity index (χ2n) is 4.94. The van der Waals surface area contributed by atoms with E-state index >= 15 is 0 Å². The van der Waals surface area contributed by atoms with E-state index < -0.39 is 0 Å². The van der Waals surface area contributed by atoms with Crippen LogP contribution in [0.1, 0.15) is 12.3 Å². The van der Waals surface area contributed by atoms with E-state index in [4.69, 9.17) is 18.4 Å². The molecule has 0 aliphatic carbocycles. The summed E-state index contributed by atoms with van der Waals surface area (Å²) in [5.41, 5.74) is 0. The molecule has 0 unspecified atom stereocenters. The minimum atomic E-state index is 0.462. The summed E-state index contributed by atoms with van der Waals surface area (Å²) in [6.45, 7) is 1.37. The zero-order chi connectivity index (χ0) is 15.5. The van der Waals surface area contributed by atoms with E-state index in [2.05, 4.69) is 10.1 Å². The molecule has 23 heavy (non-hydrogen) atoms. The number of furan rings is 1. The molecule has 118 valence electrons. The molecule has 0 spiro atoms. The first-order valence-electron chi connectivity index (χ1n) is 7.27. The van der Waals surface area contributed by atoms with Crippen LogP contribution in [0.15, 0.2) is 50.4 Å². The van der Waals surface area contributed by atoms with Crippen LogP contribution in [0, 0.1) is 0 Å². The quantitative estimate of drug-likeness (QED) is 0.674. The first kappa shape index (κ1) is 14.2. The van der Waals surface area contributed by atoms with Crippen molar-refractivity contribution in [1.82, 2.24) is 10.1 Å². The standard InChI is InChI=1S/C16H14N2O4S/c1-3-13(20-6-1)16-17-15(22-18-16)10-23-11-4-5-12-14(9-11)21-8-2-7-19-12/h1,3-6,9H,2,7-8,10H2. The Kier molecular flexibility index (Phi) is 3.94. The topological polar surface area (TPSA) is 70.5 Å². The second-order valence-corrected chi connectivity index (χ2v) is 5.99. The molecule has 0 atom stereocenters. The molecule has 0 saturated carbocycles. The average Bonchev–Trinajstić information content (AvgIpc) is 3.20. The van der Waals surface area contributed by atoms with Gasteiger partial charge in [0.2, 0.25) is 11.7 Å². The van der Waals surface area contributed by atoms with Crippen molar-refractivity contribution in [3.63, 3.8) is 0 Å². The van der Waals surface area contributed by atoms with Crippen LogP contribution >= 0.6 is 11.8 Å². The van der Waals surface area contributed by atoms with Gasteiger partial charge >= 0.3 is 0 Å². The Labute approximate surface area is 136 Å². The molecule has 1 aromatic carbocycles. The van der Waals surface area contributed by atoms with Gasteiger partial charge in [0.15, 0.2) is 17.3 Å². The van der Waals surface area contributed by atoms with Crippen molar-refractivity contribution in [1.29, 1.82) is 0 Å². The first-order chi connectivity index (χ1) is 11.4. The molecule has 1 aliphatic rings. The Morgan fingerprint density at radius 1 is 1.09 bits per heavy atom. The maximum Gasteiger partial charge on any atom is 0.238 e. The normalized spacial score (nSPS) is 13.7. The molecule has 0 radical (unpaired) electrons. The van der Waals surface area contributed by atoms with Crippen molar-refractivity contribution < 1.29 is 18.4 Å². The lowest BCUT2D eigenvalue weighted by Gasteiger charge is -2.08. The molecule has 3 aromatic rings. The Hall–Kier alpha value is -2.41. The molecular weight excluding hydrogens is 316 g/mol. The molecule has 2 aromatic heterocycles. The van der Waals surface area contributed by atoms with Gasteiger partial charge in [-0.1, -0.05) is 5.16 Å². The van der Waals surface area contributed by atoms with Crippen molar-refractivity contribution in [3.05, 3.63) is 42.5 Å². The zero-order valence-corrected chi connectivity index (χ0v) is 13.0. The summed E-state index contributed by atoms with van der Waals surface area (Å²) in [7, 11) is 0. The molecule has 6 nitrogen and oxygen atoms in total. The van der Waals surface area contributed by atoms with Crippen LogP contribution in [0.25, 0.3) is 11.6 Å². The third kappa shape index (κ3) is 3.19. The Morgan fingerprint density at radius 3 is 2.87 bits per heavy atom. The van der Waals surface area contributed by atoms with Crippen LogP contribution in [0.4, 0.5) is 0 Å². The van der Waals surface area contributed by atoms with Crippen LogP contribution < -0.4 is 9.47 Å². The third-order valence-electron chi connectivity index (χ3n) is 3.29. The zero-order valence-electron chi connectivity index (χ0n) is 12.2. The highest BCUT2D eigenvalue weighted by Gasteiger charge is 2.13. The number of nitrogens with zero attached hydrogens (tertiary/aromatic N) is 2. The number of fused-ring (bicyclic) bond motifs is 1. The van der Waals surface area contributed by atoms with Gasteiger partial charge in [0.25, 0.3) is 0 Å². The maximum absolute atomic E-state index is 5.69. The molecule has 0 saturated heterocycles. The Morgan fingerprint density at radius 2 is 2.00 bits per heavy atom. The van der Waals surface area contributed by atoms with Crippen molar-refractivity contribution in [2.45, 2.75) is 17.1 Å². The van der Waals surface area contributed by atoms with E-state index in [0.717, 1.165) is 22.8 Å². The predicted molar refractivity (Wildman–Crippen MR) is 83.6 cm³/mol. The summed E-state index contributed by atoms with van der Waals surface area (Å²) < 4.78 is 21.8. The van der Waals surface area contributed by atoms with Crippen LogP contribution in [0.2, 0.25) is 0 Å². The van der Waals surface area contributed by atoms with Crippen LogP contribution in [0.3, 0.4) is 0 Å². The smallest absolute Gasteiger partial charge is 0.238 e. The fourth-order valence-electron chi connectivity index (χ4n) is 2.20. The SMILES string of the molecule is c1coc(-c2noc(CSc3ccc4c(c3)OCCCO4)n2)c1. The van der Waals surface area contributed by atoms with Crippen molar-refractivity contribution in [2.24, 2.45) is 0 Å². The van der Waals surface area contributed by atoms with Gasteiger partial charge in [-0.05, 0) is 30.3 Å². The lowest BCUT2D eigenvalue weighted by atomic mass is 10.3.